The Morgan fingerprint density at radius 1 is 1.33 bits per heavy atom. The van der Waals surface area contributed by atoms with Crippen LogP contribution in [0.1, 0.15) is 24.0 Å². The molecule has 0 saturated carbocycles. The molecule has 1 saturated heterocycles. The number of aliphatic hydroxyl groups is 1. The van der Waals surface area contributed by atoms with Gasteiger partial charge in [0.2, 0.25) is 0 Å². The largest absolute Gasteiger partial charge is 0.491 e. The Kier molecular flexibility index (Phi) is 6.03. The Bertz CT molecular complexity index is 442. The molecule has 0 aromatic heterocycles. The topological polar surface area (TPSA) is 44.7 Å². The predicted octanol–water partition coefficient (Wildman–Crippen LogP) is 1.73. The molecule has 1 unspecified atom stereocenters. The van der Waals surface area contributed by atoms with E-state index in [2.05, 4.69) is 30.3 Å². The zero-order chi connectivity index (χ0) is 15.2. The molecule has 0 spiro atoms. The lowest BCUT2D eigenvalue weighted by atomic mass is 10.1. The molecule has 2 rings (SSSR count). The van der Waals surface area contributed by atoms with E-state index in [0.29, 0.717) is 19.2 Å². The van der Waals surface area contributed by atoms with E-state index in [1.807, 2.05) is 19.1 Å². The first-order chi connectivity index (χ1) is 10.0. The van der Waals surface area contributed by atoms with Gasteiger partial charge in [0.1, 0.15) is 18.5 Å². The molecule has 4 nitrogen and oxygen atoms in total. The van der Waals surface area contributed by atoms with Gasteiger partial charge in [-0.25, -0.2) is 0 Å². The minimum atomic E-state index is -0.467. The molecule has 1 aromatic rings. The van der Waals surface area contributed by atoms with Crippen LogP contribution in [0, 0.1) is 13.8 Å². The molecule has 0 bridgehead atoms. The van der Waals surface area contributed by atoms with E-state index in [-0.39, 0.29) is 0 Å². The smallest absolute Gasteiger partial charge is 0.122 e. The number of likely N-dealkylation sites (tertiary alicyclic amines) is 1. The van der Waals surface area contributed by atoms with Crippen LogP contribution in [0.4, 0.5) is 0 Å². The van der Waals surface area contributed by atoms with Crippen molar-refractivity contribution in [1.29, 1.82) is 0 Å². The second-order valence-corrected chi connectivity index (χ2v) is 6.22. The Hall–Kier alpha value is -1.10. The lowest BCUT2D eigenvalue weighted by Crippen LogP contribution is -2.44. The van der Waals surface area contributed by atoms with Gasteiger partial charge >= 0.3 is 0 Å². The van der Waals surface area contributed by atoms with Gasteiger partial charge in [0.25, 0.3) is 0 Å². The maximum absolute atomic E-state index is 10.0. The minimum Gasteiger partial charge on any atom is -0.491 e. The molecule has 0 amide bonds. The summed E-state index contributed by atoms with van der Waals surface area (Å²) < 4.78 is 5.71. The first kappa shape index (κ1) is 16.3. The highest BCUT2D eigenvalue weighted by Gasteiger charge is 2.17. The first-order valence-corrected chi connectivity index (χ1v) is 7.84. The van der Waals surface area contributed by atoms with E-state index in [0.717, 1.165) is 37.2 Å². The zero-order valence-corrected chi connectivity index (χ0v) is 13.4. The summed E-state index contributed by atoms with van der Waals surface area (Å²) >= 11 is 0. The Morgan fingerprint density at radius 3 is 2.71 bits per heavy atom. The highest BCUT2D eigenvalue weighted by atomic mass is 16.5. The predicted molar refractivity (Wildman–Crippen MR) is 85.9 cm³/mol. The van der Waals surface area contributed by atoms with Gasteiger partial charge in [-0.3, -0.25) is 0 Å². The lowest BCUT2D eigenvalue weighted by molar-refractivity contribution is 0.0992. The van der Waals surface area contributed by atoms with E-state index < -0.39 is 6.10 Å². The van der Waals surface area contributed by atoms with Gasteiger partial charge in [-0.05, 0) is 58.5 Å². The molecule has 1 aromatic carbocycles. The average Bonchev–Trinajstić information content (AvgIpc) is 2.46. The molecule has 0 aliphatic carbocycles. The van der Waals surface area contributed by atoms with Crippen molar-refractivity contribution in [2.24, 2.45) is 0 Å². The van der Waals surface area contributed by atoms with Crippen LogP contribution in [0.5, 0.6) is 5.75 Å². The molecule has 1 heterocycles. The summed E-state index contributed by atoms with van der Waals surface area (Å²) in [5, 5.41) is 13.5. The number of rotatable bonds is 6. The Labute approximate surface area is 128 Å². The summed E-state index contributed by atoms with van der Waals surface area (Å²) in [7, 11) is 2.16. The third-order valence-corrected chi connectivity index (χ3v) is 4.12. The van der Waals surface area contributed by atoms with Gasteiger partial charge in [0.15, 0.2) is 0 Å². The summed E-state index contributed by atoms with van der Waals surface area (Å²) in [6.45, 7) is 7.30. The molecule has 4 heteroatoms. The molecule has 118 valence electrons. The SMILES string of the molecule is Cc1ccc(OCC(O)CNC2CCN(C)CC2)c(C)c1. The third-order valence-electron chi connectivity index (χ3n) is 4.12. The number of nitrogens with zero attached hydrogens (tertiary/aromatic N) is 1. The number of benzene rings is 1. The standard InChI is InChI=1S/C17H28N2O2/c1-13-4-5-17(14(2)10-13)21-12-16(20)11-18-15-6-8-19(3)9-7-15/h4-5,10,15-16,18,20H,6-9,11-12H2,1-3H3. The molecular weight excluding hydrogens is 264 g/mol. The Morgan fingerprint density at radius 2 is 2.05 bits per heavy atom. The summed E-state index contributed by atoms with van der Waals surface area (Å²) in [5.74, 6) is 0.860. The summed E-state index contributed by atoms with van der Waals surface area (Å²) in [6.07, 6.45) is 1.84. The van der Waals surface area contributed by atoms with Crippen molar-refractivity contribution in [3.8, 4) is 5.75 Å². The molecule has 1 aliphatic rings. The van der Waals surface area contributed by atoms with Crippen LogP contribution in [-0.4, -0.2) is 55.4 Å². The molecule has 21 heavy (non-hydrogen) atoms. The highest BCUT2D eigenvalue weighted by Crippen LogP contribution is 2.18. The molecule has 0 radical (unpaired) electrons. The maximum Gasteiger partial charge on any atom is 0.122 e. The van der Waals surface area contributed by atoms with Crippen LogP contribution in [-0.2, 0) is 0 Å². The second kappa shape index (κ2) is 7.78. The van der Waals surface area contributed by atoms with Crippen LogP contribution >= 0.6 is 0 Å². The highest BCUT2D eigenvalue weighted by molar-refractivity contribution is 5.35. The summed E-state index contributed by atoms with van der Waals surface area (Å²) in [6, 6.07) is 6.63. The Balaban J connectivity index is 1.68. The van der Waals surface area contributed by atoms with Gasteiger partial charge in [0.05, 0.1) is 0 Å². The van der Waals surface area contributed by atoms with Crippen molar-refractivity contribution >= 4 is 0 Å². The first-order valence-electron chi connectivity index (χ1n) is 7.84. The van der Waals surface area contributed by atoms with E-state index >= 15 is 0 Å². The van der Waals surface area contributed by atoms with Gasteiger partial charge < -0.3 is 20.1 Å². The molecule has 1 aliphatic heterocycles. The lowest BCUT2D eigenvalue weighted by Gasteiger charge is -2.30. The number of hydrogen-bond donors (Lipinski definition) is 2. The fourth-order valence-electron chi connectivity index (χ4n) is 2.72. The van der Waals surface area contributed by atoms with Crippen molar-refractivity contribution in [3.05, 3.63) is 29.3 Å². The third kappa shape index (κ3) is 5.30. The molecule has 2 N–H and O–H groups in total. The molecular formula is C17H28N2O2. The number of nitrogens with one attached hydrogen (secondary N) is 1. The molecule has 1 atom stereocenters. The number of aliphatic hydroxyl groups excluding tert-OH is 1. The van der Waals surface area contributed by atoms with Gasteiger partial charge in [-0.1, -0.05) is 17.7 Å². The van der Waals surface area contributed by atoms with E-state index in [1.165, 1.54) is 5.56 Å². The van der Waals surface area contributed by atoms with Crippen molar-refractivity contribution in [2.45, 2.75) is 38.8 Å². The van der Waals surface area contributed by atoms with Crippen LogP contribution < -0.4 is 10.1 Å². The van der Waals surface area contributed by atoms with Crippen molar-refractivity contribution < 1.29 is 9.84 Å². The average molecular weight is 292 g/mol. The number of hydrogen-bond acceptors (Lipinski definition) is 4. The summed E-state index contributed by atoms with van der Waals surface area (Å²) in [4.78, 5) is 2.35. The fourth-order valence-corrected chi connectivity index (χ4v) is 2.72. The minimum absolute atomic E-state index is 0.337. The number of aryl methyl sites for hydroxylation is 2. The number of ether oxygens (including phenoxy) is 1. The quantitative estimate of drug-likeness (QED) is 0.838. The van der Waals surface area contributed by atoms with Gasteiger partial charge in [-0.2, -0.15) is 0 Å². The van der Waals surface area contributed by atoms with Crippen LogP contribution in [0.25, 0.3) is 0 Å². The maximum atomic E-state index is 10.0. The van der Waals surface area contributed by atoms with E-state index in [1.54, 1.807) is 0 Å². The normalized spacial score (nSPS) is 18.7. The van der Waals surface area contributed by atoms with Gasteiger partial charge in [-0.15, -0.1) is 0 Å². The number of piperidine rings is 1. The van der Waals surface area contributed by atoms with E-state index in [4.69, 9.17) is 4.74 Å². The van der Waals surface area contributed by atoms with Crippen molar-refractivity contribution in [1.82, 2.24) is 10.2 Å². The second-order valence-electron chi connectivity index (χ2n) is 6.22. The fraction of sp³-hybridized carbons (Fsp3) is 0.647. The monoisotopic (exact) mass is 292 g/mol. The van der Waals surface area contributed by atoms with Crippen LogP contribution in [0.3, 0.4) is 0 Å². The van der Waals surface area contributed by atoms with Gasteiger partial charge in [0, 0.05) is 12.6 Å². The van der Waals surface area contributed by atoms with E-state index in [9.17, 15) is 5.11 Å². The van der Waals surface area contributed by atoms with Crippen molar-refractivity contribution in [3.63, 3.8) is 0 Å². The zero-order valence-electron chi connectivity index (χ0n) is 13.4. The van der Waals surface area contributed by atoms with Crippen molar-refractivity contribution in [2.75, 3.05) is 33.3 Å². The summed E-state index contributed by atoms with van der Waals surface area (Å²) in [5.41, 5.74) is 2.34. The van der Waals surface area contributed by atoms with Crippen LogP contribution in [0.15, 0.2) is 18.2 Å². The molecule has 1 fully saturated rings. The van der Waals surface area contributed by atoms with Crippen LogP contribution in [0.2, 0.25) is 0 Å².